The van der Waals surface area contributed by atoms with Gasteiger partial charge in [0.1, 0.15) is 5.54 Å². The standard InChI is InChI=1S/C23H29N3O2S/c1-22(2,3)16-9-11-17(12-10-16)23(4)20(27)26(21(28)24-23)15-25-13-5-7-18(25)19-8-6-14-29-19/h6,8-12,14,18H,5,7,13,15H2,1-4H3,(H,24,28)/t18-,23+/m1/s1. The first-order valence-corrected chi connectivity index (χ1v) is 11.1. The summed E-state index contributed by atoms with van der Waals surface area (Å²) < 4.78 is 0. The van der Waals surface area contributed by atoms with Gasteiger partial charge >= 0.3 is 6.03 Å². The predicted octanol–water partition coefficient (Wildman–Crippen LogP) is 4.61. The topological polar surface area (TPSA) is 52.7 Å². The van der Waals surface area contributed by atoms with Gasteiger partial charge in [0.2, 0.25) is 0 Å². The quantitative estimate of drug-likeness (QED) is 0.748. The van der Waals surface area contributed by atoms with Crippen molar-refractivity contribution in [3.63, 3.8) is 0 Å². The van der Waals surface area contributed by atoms with E-state index < -0.39 is 5.54 Å². The molecule has 0 aliphatic carbocycles. The number of nitrogens with zero attached hydrogens (tertiary/aromatic N) is 2. The molecule has 6 heteroatoms. The number of likely N-dealkylation sites (tertiary alicyclic amines) is 1. The smallest absolute Gasteiger partial charge is 0.319 e. The van der Waals surface area contributed by atoms with E-state index in [2.05, 4.69) is 60.6 Å². The summed E-state index contributed by atoms with van der Waals surface area (Å²) in [5.41, 5.74) is 1.05. The van der Waals surface area contributed by atoms with Crippen LogP contribution in [0.4, 0.5) is 4.79 Å². The van der Waals surface area contributed by atoms with E-state index in [0.29, 0.717) is 6.67 Å². The van der Waals surface area contributed by atoms with Crippen LogP contribution in [0.15, 0.2) is 41.8 Å². The summed E-state index contributed by atoms with van der Waals surface area (Å²) in [5, 5.41) is 5.02. The zero-order valence-electron chi connectivity index (χ0n) is 17.6. The van der Waals surface area contributed by atoms with Gasteiger partial charge in [-0.2, -0.15) is 0 Å². The summed E-state index contributed by atoms with van der Waals surface area (Å²) in [5.74, 6) is -0.178. The maximum Gasteiger partial charge on any atom is 0.326 e. The van der Waals surface area contributed by atoms with Crippen LogP contribution in [0.3, 0.4) is 0 Å². The van der Waals surface area contributed by atoms with Gasteiger partial charge in [-0.15, -0.1) is 11.3 Å². The lowest BCUT2D eigenvalue weighted by atomic mass is 9.84. The van der Waals surface area contributed by atoms with Gasteiger partial charge in [0, 0.05) is 17.5 Å². The fraction of sp³-hybridized carbons (Fsp3) is 0.478. The normalized spacial score (nSPS) is 25.7. The van der Waals surface area contributed by atoms with E-state index in [0.717, 1.165) is 24.9 Å². The van der Waals surface area contributed by atoms with E-state index in [1.807, 2.05) is 12.1 Å². The van der Waals surface area contributed by atoms with Crippen LogP contribution < -0.4 is 5.32 Å². The number of benzene rings is 1. The molecule has 3 heterocycles. The molecule has 2 saturated heterocycles. The Labute approximate surface area is 176 Å². The third kappa shape index (κ3) is 3.60. The van der Waals surface area contributed by atoms with Gasteiger partial charge in [0.05, 0.1) is 6.67 Å². The first-order chi connectivity index (χ1) is 13.7. The Balaban J connectivity index is 1.54. The fourth-order valence-electron chi connectivity index (χ4n) is 4.30. The fourth-order valence-corrected chi connectivity index (χ4v) is 5.20. The highest BCUT2D eigenvalue weighted by Gasteiger charge is 2.50. The first kappa shape index (κ1) is 20.1. The summed E-state index contributed by atoms with van der Waals surface area (Å²) in [4.78, 5) is 31.0. The summed E-state index contributed by atoms with van der Waals surface area (Å²) in [6.45, 7) is 9.52. The van der Waals surface area contributed by atoms with Crippen molar-refractivity contribution in [1.29, 1.82) is 0 Å². The molecule has 1 aromatic carbocycles. The Morgan fingerprint density at radius 2 is 1.90 bits per heavy atom. The Kier molecular flexibility index (Phi) is 5.03. The van der Waals surface area contributed by atoms with E-state index in [4.69, 9.17) is 0 Å². The number of rotatable bonds is 4. The Bertz CT molecular complexity index is 901. The molecule has 2 fully saturated rings. The van der Waals surface area contributed by atoms with Gasteiger partial charge in [0.25, 0.3) is 5.91 Å². The molecule has 5 nitrogen and oxygen atoms in total. The van der Waals surface area contributed by atoms with E-state index in [1.54, 1.807) is 18.3 Å². The van der Waals surface area contributed by atoms with Crippen LogP contribution in [0, 0.1) is 0 Å². The lowest BCUT2D eigenvalue weighted by molar-refractivity contribution is -0.132. The minimum Gasteiger partial charge on any atom is -0.319 e. The van der Waals surface area contributed by atoms with Crippen molar-refractivity contribution in [2.24, 2.45) is 0 Å². The highest BCUT2D eigenvalue weighted by molar-refractivity contribution is 7.10. The highest BCUT2D eigenvalue weighted by atomic mass is 32.1. The van der Waals surface area contributed by atoms with Gasteiger partial charge in [0.15, 0.2) is 0 Å². The number of thiophene rings is 1. The van der Waals surface area contributed by atoms with Crippen LogP contribution in [0.5, 0.6) is 0 Å². The molecule has 2 aliphatic heterocycles. The average Bonchev–Trinajstić information content (AvgIpc) is 3.39. The lowest BCUT2D eigenvalue weighted by Crippen LogP contribution is -2.43. The van der Waals surface area contributed by atoms with Gasteiger partial charge in [-0.3, -0.25) is 9.69 Å². The van der Waals surface area contributed by atoms with Crippen LogP contribution in [0.1, 0.15) is 62.6 Å². The van der Waals surface area contributed by atoms with Gasteiger partial charge in [-0.25, -0.2) is 9.69 Å². The molecule has 4 rings (SSSR count). The second-order valence-corrected chi connectivity index (χ2v) is 10.2. The molecule has 2 aromatic rings. The molecule has 0 spiro atoms. The van der Waals surface area contributed by atoms with E-state index in [1.165, 1.54) is 15.3 Å². The molecular formula is C23H29N3O2S. The second kappa shape index (κ2) is 7.26. The Morgan fingerprint density at radius 1 is 1.17 bits per heavy atom. The molecule has 2 aliphatic rings. The van der Waals surface area contributed by atoms with Gasteiger partial charge < -0.3 is 5.32 Å². The molecule has 0 saturated carbocycles. The number of carbonyl (C=O) groups excluding carboxylic acids is 2. The number of urea groups is 1. The van der Waals surface area contributed by atoms with E-state index >= 15 is 0 Å². The summed E-state index contributed by atoms with van der Waals surface area (Å²) in [7, 11) is 0. The molecular weight excluding hydrogens is 382 g/mol. The summed E-state index contributed by atoms with van der Waals surface area (Å²) in [6.07, 6.45) is 2.15. The maximum atomic E-state index is 13.3. The number of imide groups is 1. The number of hydrogen-bond acceptors (Lipinski definition) is 4. The molecule has 0 bridgehead atoms. The monoisotopic (exact) mass is 411 g/mol. The van der Waals surface area contributed by atoms with Crippen LogP contribution in [-0.4, -0.2) is 35.0 Å². The van der Waals surface area contributed by atoms with Crippen LogP contribution in [0.25, 0.3) is 0 Å². The van der Waals surface area contributed by atoms with Crippen LogP contribution in [0.2, 0.25) is 0 Å². The lowest BCUT2D eigenvalue weighted by Gasteiger charge is -2.28. The van der Waals surface area contributed by atoms with E-state index in [9.17, 15) is 9.59 Å². The molecule has 3 amide bonds. The van der Waals surface area contributed by atoms with Crippen molar-refractivity contribution in [3.05, 3.63) is 57.8 Å². The number of hydrogen-bond donors (Lipinski definition) is 1. The molecule has 0 unspecified atom stereocenters. The minimum absolute atomic E-state index is 0.0426. The van der Waals surface area contributed by atoms with E-state index in [-0.39, 0.29) is 23.4 Å². The molecule has 1 aromatic heterocycles. The number of nitrogens with one attached hydrogen (secondary N) is 1. The highest BCUT2D eigenvalue weighted by Crippen LogP contribution is 2.36. The largest absolute Gasteiger partial charge is 0.326 e. The number of amides is 3. The molecule has 0 radical (unpaired) electrons. The van der Waals surface area contributed by atoms with Gasteiger partial charge in [-0.05, 0) is 47.8 Å². The van der Waals surface area contributed by atoms with Crippen LogP contribution in [-0.2, 0) is 15.7 Å². The van der Waals surface area contributed by atoms with Crippen molar-refractivity contribution in [3.8, 4) is 0 Å². The molecule has 29 heavy (non-hydrogen) atoms. The number of carbonyl (C=O) groups is 2. The Morgan fingerprint density at radius 3 is 2.52 bits per heavy atom. The van der Waals surface area contributed by atoms with Crippen molar-refractivity contribution in [2.45, 2.75) is 57.5 Å². The molecule has 1 N–H and O–H groups in total. The van der Waals surface area contributed by atoms with Crippen molar-refractivity contribution < 1.29 is 9.59 Å². The van der Waals surface area contributed by atoms with Crippen molar-refractivity contribution >= 4 is 23.3 Å². The van der Waals surface area contributed by atoms with Gasteiger partial charge in [-0.1, -0.05) is 51.1 Å². The van der Waals surface area contributed by atoms with Crippen molar-refractivity contribution in [1.82, 2.24) is 15.1 Å². The Hall–Kier alpha value is -2.18. The predicted molar refractivity (Wildman–Crippen MR) is 116 cm³/mol. The minimum atomic E-state index is -1.02. The molecule has 2 atom stereocenters. The third-order valence-corrected chi connectivity index (χ3v) is 7.14. The zero-order valence-corrected chi connectivity index (χ0v) is 18.4. The zero-order chi connectivity index (χ0) is 20.8. The third-order valence-electron chi connectivity index (χ3n) is 6.16. The second-order valence-electron chi connectivity index (χ2n) is 9.24. The van der Waals surface area contributed by atoms with Crippen molar-refractivity contribution in [2.75, 3.05) is 13.2 Å². The average molecular weight is 412 g/mol. The summed E-state index contributed by atoms with van der Waals surface area (Å²) >= 11 is 1.74. The first-order valence-electron chi connectivity index (χ1n) is 10.2. The summed E-state index contributed by atoms with van der Waals surface area (Å²) in [6, 6.07) is 12.2. The molecule has 154 valence electrons. The van der Waals surface area contributed by atoms with Crippen LogP contribution >= 0.6 is 11.3 Å². The SMILES string of the molecule is CC(C)(C)c1ccc([C@]2(C)NC(=O)N(CN3CCC[C@@H]3c3cccs3)C2=O)cc1. The maximum absolute atomic E-state index is 13.3.